The number of hydrogen-bond acceptors (Lipinski definition) is 4. The van der Waals surface area contributed by atoms with Crippen LogP contribution < -0.4 is 10.6 Å². The van der Waals surface area contributed by atoms with Gasteiger partial charge in [-0.25, -0.2) is 9.97 Å². The molecule has 4 heteroatoms. The monoisotopic (exact) mass is 292 g/mol. The summed E-state index contributed by atoms with van der Waals surface area (Å²) < 4.78 is 0. The van der Waals surface area contributed by atoms with E-state index in [1.54, 1.807) is 0 Å². The molecule has 0 aromatic carbocycles. The van der Waals surface area contributed by atoms with Crippen LogP contribution in [0.1, 0.15) is 72.0 Å². The summed E-state index contributed by atoms with van der Waals surface area (Å²) in [7, 11) is 0. The number of nitrogens with one attached hydrogen (secondary N) is 2. The molecule has 0 spiro atoms. The fourth-order valence-corrected chi connectivity index (χ4v) is 2.28. The Morgan fingerprint density at radius 2 is 1.71 bits per heavy atom. The molecule has 1 aromatic rings. The molecule has 0 saturated carbocycles. The van der Waals surface area contributed by atoms with Gasteiger partial charge in [-0.3, -0.25) is 0 Å². The molecule has 1 heterocycles. The quantitative estimate of drug-likeness (QED) is 0.658. The van der Waals surface area contributed by atoms with Crippen molar-refractivity contribution < 1.29 is 0 Å². The first-order valence-corrected chi connectivity index (χ1v) is 8.47. The Hall–Kier alpha value is -1.32. The Bertz CT molecular complexity index is 404. The molecule has 0 aliphatic rings. The van der Waals surface area contributed by atoms with E-state index >= 15 is 0 Å². The average molecular weight is 292 g/mol. The molecule has 0 radical (unpaired) electrons. The van der Waals surface area contributed by atoms with Crippen LogP contribution in [0.2, 0.25) is 0 Å². The molecule has 2 N–H and O–H groups in total. The lowest BCUT2D eigenvalue weighted by atomic mass is 9.99. The first-order chi connectivity index (χ1) is 10.1. The Kier molecular flexibility index (Phi) is 8.09. The zero-order chi connectivity index (χ0) is 15.7. The summed E-state index contributed by atoms with van der Waals surface area (Å²) in [5, 5.41) is 6.80. The van der Waals surface area contributed by atoms with Crippen LogP contribution in [-0.2, 0) is 0 Å². The normalized spacial score (nSPS) is 12.5. The molecule has 21 heavy (non-hydrogen) atoms. The standard InChI is InChI=1S/C17H32N4/c1-6-9-10-14(7-2)12-19-16-11-15(18-8-3)20-17(21-16)13(4)5/h11,13-14H,6-10,12H2,1-5H3,(H2,18,19,20,21). The topological polar surface area (TPSA) is 49.8 Å². The molecule has 0 saturated heterocycles. The molecule has 0 aliphatic carbocycles. The molecule has 1 unspecified atom stereocenters. The van der Waals surface area contributed by atoms with Gasteiger partial charge in [-0.2, -0.15) is 0 Å². The third-order valence-electron chi connectivity index (χ3n) is 3.73. The predicted molar refractivity (Wildman–Crippen MR) is 92.1 cm³/mol. The van der Waals surface area contributed by atoms with Crippen molar-refractivity contribution in [2.24, 2.45) is 5.92 Å². The second-order valence-electron chi connectivity index (χ2n) is 5.98. The van der Waals surface area contributed by atoms with E-state index in [2.05, 4.69) is 55.2 Å². The minimum atomic E-state index is 0.339. The van der Waals surface area contributed by atoms with Crippen molar-refractivity contribution in [3.8, 4) is 0 Å². The molecule has 4 nitrogen and oxygen atoms in total. The summed E-state index contributed by atoms with van der Waals surface area (Å²) in [6.45, 7) is 12.7. The number of anilines is 2. The van der Waals surface area contributed by atoms with Crippen molar-refractivity contribution in [1.82, 2.24) is 9.97 Å². The van der Waals surface area contributed by atoms with Crippen LogP contribution in [0.25, 0.3) is 0 Å². The summed E-state index contributed by atoms with van der Waals surface area (Å²) in [5.74, 6) is 3.83. The zero-order valence-electron chi connectivity index (χ0n) is 14.4. The number of unbranched alkanes of at least 4 members (excludes halogenated alkanes) is 1. The van der Waals surface area contributed by atoms with E-state index < -0.39 is 0 Å². The second-order valence-corrected chi connectivity index (χ2v) is 5.98. The van der Waals surface area contributed by atoms with Crippen LogP contribution in [0.5, 0.6) is 0 Å². The van der Waals surface area contributed by atoms with Crippen LogP contribution in [0.3, 0.4) is 0 Å². The van der Waals surface area contributed by atoms with Gasteiger partial charge in [0.15, 0.2) is 0 Å². The molecular weight excluding hydrogens is 260 g/mol. The zero-order valence-corrected chi connectivity index (χ0v) is 14.4. The summed E-state index contributed by atoms with van der Waals surface area (Å²) in [6, 6.07) is 2.02. The van der Waals surface area contributed by atoms with Gasteiger partial charge in [0.2, 0.25) is 0 Å². The number of nitrogens with zero attached hydrogens (tertiary/aromatic N) is 2. The van der Waals surface area contributed by atoms with Crippen LogP contribution in [0.15, 0.2) is 6.07 Å². The van der Waals surface area contributed by atoms with Crippen LogP contribution in [0.4, 0.5) is 11.6 Å². The van der Waals surface area contributed by atoms with Crippen molar-refractivity contribution in [1.29, 1.82) is 0 Å². The highest BCUT2D eigenvalue weighted by molar-refractivity contribution is 5.47. The summed E-state index contributed by atoms with van der Waals surface area (Å²) >= 11 is 0. The number of rotatable bonds is 10. The number of aromatic nitrogens is 2. The first-order valence-electron chi connectivity index (χ1n) is 8.47. The molecule has 0 fully saturated rings. The Balaban J connectivity index is 2.71. The Morgan fingerprint density at radius 3 is 2.24 bits per heavy atom. The van der Waals surface area contributed by atoms with Gasteiger partial charge < -0.3 is 10.6 Å². The maximum Gasteiger partial charge on any atom is 0.135 e. The van der Waals surface area contributed by atoms with Crippen molar-refractivity contribution in [3.63, 3.8) is 0 Å². The lowest BCUT2D eigenvalue weighted by molar-refractivity contribution is 0.472. The van der Waals surface area contributed by atoms with Crippen LogP contribution in [-0.4, -0.2) is 23.1 Å². The third kappa shape index (κ3) is 6.32. The van der Waals surface area contributed by atoms with Gasteiger partial charge in [-0.05, 0) is 19.3 Å². The van der Waals surface area contributed by atoms with Gasteiger partial charge in [0.05, 0.1) is 0 Å². The molecule has 1 aromatic heterocycles. The average Bonchev–Trinajstić information content (AvgIpc) is 2.47. The molecule has 1 rings (SSSR count). The SMILES string of the molecule is CCCCC(CC)CNc1cc(NCC)nc(C(C)C)n1. The van der Waals surface area contributed by atoms with E-state index in [4.69, 9.17) is 0 Å². The molecule has 0 bridgehead atoms. The highest BCUT2D eigenvalue weighted by Crippen LogP contribution is 2.18. The van der Waals surface area contributed by atoms with Gasteiger partial charge >= 0.3 is 0 Å². The van der Waals surface area contributed by atoms with Gasteiger partial charge in [-0.15, -0.1) is 0 Å². The fourth-order valence-electron chi connectivity index (χ4n) is 2.28. The third-order valence-corrected chi connectivity index (χ3v) is 3.73. The van der Waals surface area contributed by atoms with E-state index in [1.165, 1.54) is 25.7 Å². The molecule has 1 atom stereocenters. The van der Waals surface area contributed by atoms with E-state index in [1.807, 2.05) is 6.07 Å². The maximum atomic E-state index is 4.64. The van der Waals surface area contributed by atoms with E-state index in [-0.39, 0.29) is 0 Å². The van der Waals surface area contributed by atoms with E-state index in [0.717, 1.165) is 36.5 Å². The van der Waals surface area contributed by atoms with Crippen LogP contribution in [0, 0.1) is 5.92 Å². The Labute approximate surface area is 130 Å². The van der Waals surface area contributed by atoms with Crippen LogP contribution >= 0.6 is 0 Å². The number of hydrogen-bond donors (Lipinski definition) is 2. The second kappa shape index (κ2) is 9.59. The fraction of sp³-hybridized carbons (Fsp3) is 0.765. The largest absolute Gasteiger partial charge is 0.370 e. The highest BCUT2D eigenvalue weighted by Gasteiger charge is 2.10. The molecule has 0 amide bonds. The van der Waals surface area contributed by atoms with E-state index in [9.17, 15) is 0 Å². The molecule has 120 valence electrons. The van der Waals surface area contributed by atoms with Gasteiger partial charge in [0.1, 0.15) is 17.5 Å². The van der Waals surface area contributed by atoms with Crippen molar-refractivity contribution in [2.75, 3.05) is 23.7 Å². The first kappa shape index (κ1) is 17.7. The summed E-state index contributed by atoms with van der Waals surface area (Å²) in [6.07, 6.45) is 5.09. The summed E-state index contributed by atoms with van der Waals surface area (Å²) in [5.41, 5.74) is 0. The minimum absolute atomic E-state index is 0.339. The summed E-state index contributed by atoms with van der Waals surface area (Å²) in [4.78, 5) is 9.20. The van der Waals surface area contributed by atoms with Crippen molar-refractivity contribution >= 4 is 11.6 Å². The Morgan fingerprint density at radius 1 is 1.05 bits per heavy atom. The van der Waals surface area contributed by atoms with Gasteiger partial charge in [0.25, 0.3) is 0 Å². The highest BCUT2D eigenvalue weighted by atomic mass is 15.1. The van der Waals surface area contributed by atoms with Crippen molar-refractivity contribution in [2.45, 2.75) is 66.2 Å². The van der Waals surface area contributed by atoms with Crippen molar-refractivity contribution in [3.05, 3.63) is 11.9 Å². The maximum absolute atomic E-state index is 4.64. The molecule has 0 aliphatic heterocycles. The smallest absolute Gasteiger partial charge is 0.135 e. The lowest BCUT2D eigenvalue weighted by Gasteiger charge is -2.17. The van der Waals surface area contributed by atoms with E-state index in [0.29, 0.717) is 5.92 Å². The molecular formula is C17H32N4. The van der Waals surface area contributed by atoms with Gasteiger partial charge in [0, 0.05) is 25.1 Å². The predicted octanol–water partition coefficient (Wildman–Crippen LogP) is 4.66. The van der Waals surface area contributed by atoms with Gasteiger partial charge in [-0.1, -0.05) is 47.0 Å². The minimum Gasteiger partial charge on any atom is -0.370 e. The lowest BCUT2D eigenvalue weighted by Crippen LogP contribution is -2.16.